The van der Waals surface area contributed by atoms with Crippen LogP contribution < -0.4 is 5.69 Å². The number of hydrogen-bond acceptors (Lipinski definition) is 4. The monoisotopic (exact) mass is 285 g/mol. The summed E-state index contributed by atoms with van der Waals surface area (Å²) in [6.45, 7) is 4.43. The van der Waals surface area contributed by atoms with Crippen molar-refractivity contribution in [2.45, 2.75) is 20.4 Å². The molecule has 21 heavy (non-hydrogen) atoms. The van der Waals surface area contributed by atoms with Crippen LogP contribution in [0.5, 0.6) is 0 Å². The lowest BCUT2D eigenvalue weighted by atomic mass is 10.2. The molecule has 2 aromatic heterocycles. The summed E-state index contributed by atoms with van der Waals surface area (Å²) in [6.07, 6.45) is 0. The fraction of sp³-hybridized carbons (Fsp3) is 0.267. The summed E-state index contributed by atoms with van der Waals surface area (Å²) < 4.78 is 7.83. The molecule has 0 saturated heterocycles. The molecule has 0 radical (unpaired) electrons. The minimum atomic E-state index is -0.521. The van der Waals surface area contributed by atoms with E-state index in [0.717, 1.165) is 10.9 Å². The number of benzene rings is 1. The van der Waals surface area contributed by atoms with Crippen LogP contribution in [-0.4, -0.2) is 26.8 Å². The van der Waals surface area contributed by atoms with Crippen molar-refractivity contribution in [1.82, 2.24) is 14.2 Å². The van der Waals surface area contributed by atoms with Gasteiger partial charge in [-0.05, 0) is 26.0 Å². The van der Waals surface area contributed by atoms with Crippen molar-refractivity contribution < 1.29 is 9.53 Å². The molecule has 6 heteroatoms. The highest BCUT2D eigenvalue weighted by atomic mass is 16.5. The molecule has 0 aliphatic carbocycles. The number of fused-ring (bicyclic) bond motifs is 3. The lowest BCUT2D eigenvalue weighted by Crippen LogP contribution is -2.27. The Hall–Kier alpha value is -2.63. The van der Waals surface area contributed by atoms with Crippen molar-refractivity contribution in [1.29, 1.82) is 0 Å². The highest BCUT2D eigenvalue weighted by Gasteiger charge is 2.16. The Morgan fingerprint density at radius 2 is 2.00 bits per heavy atom. The molecule has 0 bridgehead atoms. The molecule has 0 unspecified atom stereocenters. The molecular formula is C15H15N3O3. The van der Waals surface area contributed by atoms with Crippen LogP contribution in [0.1, 0.15) is 24.3 Å². The number of carbonyl (C=O) groups excluding carboxylic acids is 1. The molecular weight excluding hydrogens is 270 g/mol. The Bertz CT molecular complexity index is 892. The zero-order valence-corrected chi connectivity index (χ0v) is 11.9. The SMILES string of the molecule is CCOC(=O)c1cc2c3ccccc3n(CC)c(=O)n2n1. The van der Waals surface area contributed by atoms with E-state index in [4.69, 9.17) is 4.74 Å². The zero-order chi connectivity index (χ0) is 15.0. The Labute approximate surface area is 120 Å². The molecule has 0 spiro atoms. The molecule has 0 saturated carbocycles. The van der Waals surface area contributed by atoms with Crippen LogP contribution in [0.4, 0.5) is 0 Å². The normalized spacial score (nSPS) is 11.1. The lowest BCUT2D eigenvalue weighted by molar-refractivity contribution is 0.0519. The first kappa shape index (κ1) is 13.4. The highest BCUT2D eigenvalue weighted by molar-refractivity contribution is 5.97. The summed E-state index contributed by atoms with van der Waals surface area (Å²) in [5, 5.41) is 4.98. The van der Waals surface area contributed by atoms with Gasteiger partial charge in [-0.15, -0.1) is 0 Å². The molecule has 0 fully saturated rings. The molecule has 3 rings (SSSR count). The number of aromatic nitrogens is 3. The van der Waals surface area contributed by atoms with E-state index in [1.807, 2.05) is 31.2 Å². The summed E-state index contributed by atoms with van der Waals surface area (Å²) in [4.78, 5) is 24.3. The van der Waals surface area contributed by atoms with Crippen molar-refractivity contribution in [3.63, 3.8) is 0 Å². The van der Waals surface area contributed by atoms with Crippen molar-refractivity contribution in [2.24, 2.45) is 0 Å². The molecule has 6 nitrogen and oxygen atoms in total. The van der Waals surface area contributed by atoms with Gasteiger partial charge in [-0.2, -0.15) is 9.61 Å². The molecule has 0 aliphatic rings. The Kier molecular flexibility index (Phi) is 3.21. The second-order valence-corrected chi connectivity index (χ2v) is 4.59. The third-order valence-corrected chi connectivity index (χ3v) is 3.39. The third kappa shape index (κ3) is 1.99. The number of esters is 1. The van der Waals surface area contributed by atoms with E-state index in [2.05, 4.69) is 5.10 Å². The van der Waals surface area contributed by atoms with E-state index in [9.17, 15) is 9.59 Å². The minimum absolute atomic E-state index is 0.146. The smallest absolute Gasteiger partial charge is 0.358 e. The lowest BCUT2D eigenvalue weighted by Gasteiger charge is -2.08. The average molecular weight is 285 g/mol. The standard InChI is InChI=1S/C15H15N3O3/c1-3-17-12-8-6-5-7-10(12)13-9-11(14(19)21-4-2)16-18(13)15(17)20/h5-9H,3-4H2,1-2H3. The minimum Gasteiger partial charge on any atom is -0.461 e. The molecule has 3 aromatic rings. The fourth-order valence-corrected chi connectivity index (χ4v) is 2.47. The van der Waals surface area contributed by atoms with Gasteiger partial charge in [-0.3, -0.25) is 4.57 Å². The molecule has 0 amide bonds. The molecule has 108 valence electrons. The van der Waals surface area contributed by atoms with Gasteiger partial charge in [0.05, 0.1) is 17.6 Å². The van der Waals surface area contributed by atoms with Crippen LogP contribution in [0.15, 0.2) is 35.1 Å². The first-order valence-corrected chi connectivity index (χ1v) is 6.85. The van der Waals surface area contributed by atoms with E-state index in [0.29, 0.717) is 12.1 Å². The van der Waals surface area contributed by atoms with Crippen LogP contribution >= 0.6 is 0 Å². The first-order valence-electron chi connectivity index (χ1n) is 6.85. The fourth-order valence-electron chi connectivity index (χ4n) is 2.47. The predicted molar refractivity (Wildman–Crippen MR) is 78.6 cm³/mol. The van der Waals surface area contributed by atoms with Crippen LogP contribution in [0.2, 0.25) is 0 Å². The van der Waals surface area contributed by atoms with E-state index >= 15 is 0 Å². The maximum absolute atomic E-state index is 12.5. The van der Waals surface area contributed by atoms with Crippen molar-refractivity contribution in [2.75, 3.05) is 6.61 Å². The topological polar surface area (TPSA) is 65.6 Å². The van der Waals surface area contributed by atoms with Gasteiger partial charge < -0.3 is 4.74 Å². The van der Waals surface area contributed by atoms with Gasteiger partial charge in [0, 0.05) is 11.9 Å². The average Bonchev–Trinajstić information content (AvgIpc) is 2.94. The zero-order valence-electron chi connectivity index (χ0n) is 11.9. The van der Waals surface area contributed by atoms with Gasteiger partial charge in [0.15, 0.2) is 5.69 Å². The number of aryl methyl sites for hydroxylation is 1. The predicted octanol–water partition coefficient (Wildman–Crippen LogP) is 1.85. The summed E-state index contributed by atoms with van der Waals surface area (Å²) >= 11 is 0. The molecule has 0 atom stereocenters. The molecule has 0 N–H and O–H groups in total. The van der Waals surface area contributed by atoms with Gasteiger partial charge in [0.25, 0.3) is 0 Å². The van der Waals surface area contributed by atoms with E-state index in [-0.39, 0.29) is 18.0 Å². The maximum atomic E-state index is 12.5. The van der Waals surface area contributed by atoms with Crippen LogP contribution in [0.3, 0.4) is 0 Å². The second-order valence-electron chi connectivity index (χ2n) is 4.59. The third-order valence-electron chi connectivity index (χ3n) is 3.39. The van der Waals surface area contributed by atoms with Gasteiger partial charge in [0.2, 0.25) is 0 Å². The van der Waals surface area contributed by atoms with E-state index in [1.54, 1.807) is 17.6 Å². The number of nitrogens with zero attached hydrogens (tertiary/aromatic N) is 3. The van der Waals surface area contributed by atoms with Crippen LogP contribution in [0.25, 0.3) is 16.4 Å². The number of carbonyl (C=O) groups is 1. The van der Waals surface area contributed by atoms with Crippen LogP contribution in [0, 0.1) is 0 Å². The molecule has 0 aliphatic heterocycles. The van der Waals surface area contributed by atoms with E-state index in [1.165, 1.54) is 4.52 Å². The first-order chi connectivity index (χ1) is 10.2. The number of ether oxygens (including phenoxy) is 1. The van der Waals surface area contributed by atoms with Gasteiger partial charge in [-0.1, -0.05) is 18.2 Å². The van der Waals surface area contributed by atoms with Crippen molar-refractivity contribution in [3.05, 3.63) is 46.5 Å². The number of rotatable bonds is 3. The summed E-state index contributed by atoms with van der Waals surface area (Å²) in [7, 11) is 0. The largest absolute Gasteiger partial charge is 0.461 e. The van der Waals surface area contributed by atoms with Crippen LogP contribution in [-0.2, 0) is 11.3 Å². The highest BCUT2D eigenvalue weighted by Crippen LogP contribution is 2.19. The number of hydrogen-bond donors (Lipinski definition) is 0. The quantitative estimate of drug-likeness (QED) is 0.689. The summed E-state index contributed by atoms with van der Waals surface area (Å²) in [5.41, 5.74) is 1.32. The Morgan fingerprint density at radius 3 is 2.71 bits per heavy atom. The number of para-hydroxylation sites is 1. The summed E-state index contributed by atoms with van der Waals surface area (Å²) in [6, 6.07) is 9.17. The van der Waals surface area contributed by atoms with E-state index < -0.39 is 5.97 Å². The Balaban J connectivity index is 2.39. The van der Waals surface area contributed by atoms with Gasteiger partial charge in [0.1, 0.15) is 0 Å². The Morgan fingerprint density at radius 1 is 1.24 bits per heavy atom. The van der Waals surface area contributed by atoms with Gasteiger partial charge >= 0.3 is 11.7 Å². The van der Waals surface area contributed by atoms with Crippen molar-refractivity contribution >= 4 is 22.4 Å². The summed E-state index contributed by atoms with van der Waals surface area (Å²) in [5.74, 6) is -0.521. The molecule has 2 heterocycles. The van der Waals surface area contributed by atoms with Crippen molar-refractivity contribution in [3.8, 4) is 0 Å². The van der Waals surface area contributed by atoms with Gasteiger partial charge in [-0.25, -0.2) is 9.59 Å². The maximum Gasteiger partial charge on any atom is 0.358 e. The second kappa shape index (κ2) is 5.05. The molecule has 1 aromatic carbocycles.